The summed E-state index contributed by atoms with van der Waals surface area (Å²) in [5, 5.41) is 3.96. The SMILES string of the molecule is CCOC(=O)c1ccc2[nH]c3c(C)c4[nH]c5ccc(C(=O)OCC)cc5c4cc3c2c1. The van der Waals surface area contributed by atoms with Crippen molar-refractivity contribution in [3.05, 3.63) is 59.2 Å². The summed E-state index contributed by atoms with van der Waals surface area (Å²) in [7, 11) is 0. The molecule has 0 aliphatic rings. The fraction of sp³-hybridized carbons (Fsp3) is 0.200. The smallest absolute Gasteiger partial charge is 0.338 e. The second-order valence-corrected chi connectivity index (χ2v) is 7.56. The number of carbonyl (C=O) groups excluding carboxylic acids is 2. The van der Waals surface area contributed by atoms with Crippen molar-refractivity contribution >= 4 is 55.6 Å². The normalized spacial score (nSPS) is 11.6. The number of aryl methyl sites for hydroxylation is 1. The molecule has 0 aliphatic heterocycles. The Bertz CT molecular complexity index is 1400. The molecule has 6 heteroatoms. The van der Waals surface area contributed by atoms with Crippen molar-refractivity contribution in [1.29, 1.82) is 0 Å². The van der Waals surface area contributed by atoms with Crippen LogP contribution in [0.15, 0.2) is 42.5 Å². The van der Waals surface area contributed by atoms with Gasteiger partial charge >= 0.3 is 11.9 Å². The van der Waals surface area contributed by atoms with Crippen LogP contribution >= 0.6 is 0 Å². The number of nitrogens with one attached hydrogen (secondary N) is 2. The lowest BCUT2D eigenvalue weighted by atomic mass is 10.0. The van der Waals surface area contributed by atoms with Gasteiger partial charge < -0.3 is 19.4 Å². The van der Waals surface area contributed by atoms with E-state index in [1.807, 2.05) is 24.3 Å². The number of ether oxygens (including phenoxy) is 2. The Labute approximate surface area is 178 Å². The number of hydrogen-bond donors (Lipinski definition) is 2. The molecule has 2 aromatic heterocycles. The topological polar surface area (TPSA) is 84.2 Å². The van der Waals surface area contributed by atoms with Gasteiger partial charge in [-0.05, 0) is 68.8 Å². The molecule has 31 heavy (non-hydrogen) atoms. The second kappa shape index (κ2) is 7.16. The highest BCUT2D eigenvalue weighted by Crippen LogP contribution is 2.36. The number of esters is 2. The van der Waals surface area contributed by atoms with Crippen LogP contribution in [-0.4, -0.2) is 35.1 Å². The summed E-state index contributed by atoms with van der Waals surface area (Å²) < 4.78 is 10.3. The summed E-state index contributed by atoms with van der Waals surface area (Å²) in [6.07, 6.45) is 0. The van der Waals surface area contributed by atoms with Crippen molar-refractivity contribution in [1.82, 2.24) is 9.97 Å². The van der Waals surface area contributed by atoms with Crippen molar-refractivity contribution in [2.45, 2.75) is 20.8 Å². The van der Waals surface area contributed by atoms with Crippen LogP contribution in [0, 0.1) is 6.92 Å². The van der Waals surface area contributed by atoms with Crippen molar-refractivity contribution in [2.75, 3.05) is 13.2 Å². The number of hydrogen-bond acceptors (Lipinski definition) is 4. The number of aromatic nitrogens is 2. The molecule has 0 atom stereocenters. The number of carbonyl (C=O) groups is 2. The third-order valence-corrected chi connectivity index (χ3v) is 5.74. The Balaban J connectivity index is 1.78. The lowest BCUT2D eigenvalue weighted by Gasteiger charge is -2.03. The molecule has 156 valence electrons. The van der Waals surface area contributed by atoms with Gasteiger partial charge in [0, 0.05) is 32.6 Å². The molecular weight excluding hydrogens is 392 g/mol. The minimum Gasteiger partial charge on any atom is -0.462 e. The van der Waals surface area contributed by atoms with Crippen LogP contribution in [0.2, 0.25) is 0 Å². The second-order valence-electron chi connectivity index (χ2n) is 7.56. The maximum absolute atomic E-state index is 12.2. The van der Waals surface area contributed by atoms with E-state index >= 15 is 0 Å². The van der Waals surface area contributed by atoms with Gasteiger partial charge in [-0.2, -0.15) is 0 Å². The fourth-order valence-electron chi connectivity index (χ4n) is 4.27. The summed E-state index contributed by atoms with van der Waals surface area (Å²) in [6.45, 7) is 6.33. The predicted octanol–water partition coefficient (Wildman–Crippen LogP) is 5.62. The van der Waals surface area contributed by atoms with E-state index in [0.29, 0.717) is 24.3 Å². The van der Waals surface area contributed by atoms with Crippen LogP contribution in [0.25, 0.3) is 43.6 Å². The molecule has 0 saturated carbocycles. The maximum atomic E-state index is 12.2. The molecule has 6 nitrogen and oxygen atoms in total. The molecular formula is C25H22N2O4. The lowest BCUT2D eigenvalue weighted by Crippen LogP contribution is -2.04. The van der Waals surface area contributed by atoms with Gasteiger partial charge in [0.25, 0.3) is 0 Å². The molecule has 0 unspecified atom stereocenters. The quantitative estimate of drug-likeness (QED) is 0.374. The Morgan fingerprint density at radius 2 is 1.16 bits per heavy atom. The Morgan fingerprint density at radius 1 is 0.710 bits per heavy atom. The molecule has 5 aromatic rings. The van der Waals surface area contributed by atoms with Crippen molar-refractivity contribution in [3.8, 4) is 0 Å². The molecule has 0 fully saturated rings. The van der Waals surface area contributed by atoms with E-state index in [4.69, 9.17) is 9.47 Å². The van der Waals surface area contributed by atoms with Crippen molar-refractivity contribution in [2.24, 2.45) is 0 Å². The van der Waals surface area contributed by atoms with Gasteiger partial charge in [0.05, 0.1) is 35.4 Å². The molecule has 0 bridgehead atoms. The van der Waals surface area contributed by atoms with Crippen LogP contribution < -0.4 is 0 Å². The standard InChI is InChI=1S/C25H22N2O4/c1-4-30-24(28)14-6-8-20-16(10-14)18-12-19-17-11-15(25(29)31-5-2)7-9-21(17)27-23(19)13(3)22(18)26-20/h6-12,26-27H,4-5H2,1-3H3. The first kappa shape index (κ1) is 19.2. The Hall–Kier alpha value is -3.80. The van der Waals surface area contributed by atoms with E-state index < -0.39 is 0 Å². The zero-order valence-corrected chi connectivity index (χ0v) is 17.6. The summed E-state index contributed by atoms with van der Waals surface area (Å²) >= 11 is 0. The molecule has 0 spiro atoms. The van der Waals surface area contributed by atoms with Gasteiger partial charge in [0.2, 0.25) is 0 Å². The van der Waals surface area contributed by atoms with Crippen LogP contribution in [0.1, 0.15) is 40.1 Å². The van der Waals surface area contributed by atoms with Crippen molar-refractivity contribution < 1.29 is 19.1 Å². The third kappa shape index (κ3) is 2.94. The fourth-order valence-corrected chi connectivity index (χ4v) is 4.27. The number of benzene rings is 3. The predicted molar refractivity (Wildman–Crippen MR) is 122 cm³/mol. The zero-order valence-electron chi connectivity index (χ0n) is 17.6. The number of rotatable bonds is 4. The highest BCUT2D eigenvalue weighted by atomic mass is 16.5. The Kier molecular flexibility index (Phi) is 4.43. The van der Waals surface area contributed by atoms with Crippen LogP contribution in [0.4, 0.5) is 0 Å². The Morgan fingerprint density at radius 3 is 1.58 bits per heavy atom. The van der Waals surface area contributed by atoms with Gasteiger partial charge in [-0.1, -0.05) is 0 Å². The average Bonchev–Trinajstić information content (AvgIpc) is 3.32. The van der Waals surface area contributed by atoms with E-state index in [9.17, 15) is 9.59 Å². The van der Waals surface area contributed by atoms with Crippen LogP contribution in [0.3, 0.4) is 0 Å². The number of H-pyrrole nitrogens is 2. The first-order chi connectivity index (χ1) is 15.0. The van der Waals surface area contributed by atoms with E-state index in [0.717, 1.165) is 49.2 Å². The van der Waals surface area contributed by atoms with Gasteiger partial charge in [0.15, 0.2) is 0 Å². The van der Waals surface area contributed by atoms with Gasteiger partial charge in [-0.3, -0.25) is 0 Å². The maximum Gasteiger partial charge on any atom is 0.338 e. The van der Waals surface area contributed by atoms with Gasteiger partial charge in [0.1, 0.15) is 0 Å². The highest BCUT2D eigenvalue weighted by Gasteiger charge is 2.17. The van der Waals surface area contributed by atoms with Crippen molar-refractivity contribution in [3.63, 3.8) is 0 Å². The first-order valence-electron chi connectivity index (χ1n) is 10.4. The molecule has 3 aromatic carbocycles. The monoisotopic (exact) mass is 414 g/mol. The summed E-state index contributed by atoms with van der Waals surface area (Å²) in [5.41, 5.74) is 6.07. The molecule has 0 aliphatic carbocycles. The van der Waals surface area contributed by atoms with Gasteiger partial charge in [-0.15, -0.1) is 0 Å². The molecule has 0 radical (unpaired) electrons. The summed E-state index contributed by atoms with van der Waals surface area (Å²) in [6, 6.07) is 13.2. The molecule has 2 heterocycles. The minimum atomic E-state index is -0.331. The zero-order chi connectivity index (χ0) is 21.7. The minimum absolute atomic E-state index is 0.331. The summed E-state index contributed by atoms with van der Waals surface area (Å²) in [5.74, 6) is -0.662. The average molecular weight is 414 g/mol. The number of aromatic amines is 2. The number of fused-ring (bicyclic) bond motifs is 6. The largest absolute Gasteiger partial charge is 0.462 e. The van der Waals surface area contributed by atoms with E-state index in [-0.39, 0.29) is 11.9 Å². The van der Waals surface area contributed by atoms with Crippen LogP contribution in [-0.2, 0) is 9.47 Å². The lowest BCUT2D eigenvalue weighted by molar-refractivity contribution is 0.0517. The molecule has 5 rings (SSSR count). The molecule has 0 amide bonds. The van der Waals surface area contributed by atoms with Gasteiger partial charge in [-0.25, -0.2) is 9.59 Å². The van der Waals surface area contributed by atoms with E-state index in [2.05, 4.69) is 23.0 Å². The van der Waals surface area contributed by atoms with Crippen LogP contribution in [0.5, 0.6) is 0 Å². The molecule has 0 saturated heterocycles. The third-order valence-electron chi connectivity index (χ3n) is 5.74. The highest BCUT2D eigenvalue weighted by molar-refractivity contribution is 6.20. The molecule has 2 N–H and O–H groups in total. The first-order valence-corrected chi connectivity index (χ1v) is 10.4. The van der Waals surface area contributed by atoms with E-state index in [1.54, 1.807) is 26.0 Å². The van der Waals surface area contributed by atoms with E-state index in [1.165, 1.54) is 0 Å². The summed E-state index contributed by atoms with van der Waals surface area (Å²) in [4.78, 5) is 31.4.